The van der Waals surface area contributed by atoms with Gasteiger partial charge in [-0.05, 0) is 24.5 Å². The van der Waals surface area contributed by atoms with Gasteiger partial charge in [0.1, 0.15) is 11.0 Å². The summed E-state index contributed by atoms with van der Waals surface area (Å²) in [5.41, 5.74) is 0.925. The van der Waals surface area contributed by atoms with Crippen LogP contribution in [0.4, 0.5) is 5.82 Å². The Balaban J connectivity index is 1.64. The summed E-state index contributed by atoms with van der Waals surface area (Å²) in [6.07, 6.45) is 9.77. The number of hydrogen-bond donors (Lipinski definition) is 0. The van der Waals surface area contributed by atoms with Crippen LogP contribution in [0, 0.1) is 11.3 Å². The minimum atomic E-state index is -0.0742. The maximum Gasteiger partial charge on any atom is 0.233 e. The minimum Gasteiger partial charge on any atom is -0.357 e. The standard InChI is InChI=1S/C22H27ClN6OS/c1-28(18-8-3-2-4-9-18)20-13-19(23)26-22(27-20)31-16-21(30)29(12-6-10-24)15-17-7-5-11-25-14-17/h5,7,11,13-14,18H,2-4,6,8-9,12,15-16H2,1H3. The lowest BCUT2D eigenvalue weighted by Crippen LogP contribution is -2.34. The fourth-order valence-electron chi connectivity index (χ4n) is 3.69. The van der Waals surface area contributed by atoms with Gasteiger partial charge in [0.05, 0.1) is 18.2 Å². The van der Waals surface area contributed by atoms with Crippen LogP contribution in [-0.4, -0.2) is 51.1 Å². The Morgan fingerprint density at radius 2 is 2.13 bits per heavy atom. The van der Waals surface area contributed by atoms with Crippen LogP contribution in [0.25, 0.3) is 0 Å². The van der Waals surface area contributed by atoms with Gasteiger partial charge in [-0.25, -0.2) is 9.97 Å². The molecule has 1 aliphatic carbocycles. The van der Waals surface area contributed by atoms with Gasteiger partial charge in [0.2, 0.25) is 5.91 Å². The summed E-state index contributed by atoms with van der Waals surface area (Å²) in [7, 11) is 2.05. The molecule has 0 unspecified atom stereocenters. The predicted molar refractivity (Wildman–Crippen MR) is 123 cm³/mol. The zero-order valence-electron chi connectivity index (χ0n) is 17.7. The third kappa shape index (κ3) is 7.08. The number of anilines is 1. The minimum absolute atomic E-state index is 0.0742. The monoisotopic (exact) mass is 458 g/mol. The highest BCUT2D eigenvalue weighted by molar-refractivity contribution is 7.99. The van der Waals surface area contributed by atoms with Crippen LogP contribution in [0.2, 0.25) is 5.15 Å². The Morgan fingerprint density at radius 1 is 1.32 bits per heavy atom. The van der Waals surface area contributed by atoms with Gasteiger partial charge >= 0.3 is 0 Å². The fraction of sp³-hybridized carbons (Fsp3) is 0.500. The van der Waals surface area contributed by atoms with Gasteiger partial charge in [0.15, 0.2) is 5.16 Å². The molecule has 1 fully saturated rings. The second kappa shape index (κ2) is 11.9. The molecule has 2 heterocycles. The molecule has 0 spiro atoms. The molecule has 0 aliphatic heterocycles. The first kappa shape index (κ1) is 23.3. The molecule has 164 valence electrons. The van der Waals surface area contributed by atoms with E-state index in [0.29, 0.717) is 29.4 Å². The van der Waals surface area contributed by atoms with Gasteiger partial charge in [-0.3, -0.25) is 9.78 Å². The van der Waals surface area contributed by atoms with Gasteiger partial charge in [-0.1, -0.05) is 48.7 Å². The summed E-state index contributed by atoms with van der Waals surface area (Å²) >= 11 is 7.53. The van der Waals surface area contributed by atoms with Gasteiger partial charge in [0.25, 0.3) is 0 Å². The lowest BCUT2D eigenvalue weighted by Gasteiger charge is -2.32. The Kier molecular flexibility index (Phi) is 8.92. The SMILES string of the molecule is CN(c1cc(Cl)nc(SCC(=O)N(CCC#N)Cc2cccnc2)n1)C1CCCCC1. The van der Waals surface area contributed by atoms with Crippen molar-refractivity contribution in [2.75, 3.05) is 24.2 Å². The second-order valence-electron chi connectivity index (χ2n) is 7.61. The molecule has 0 aromatic carbocycles. The maximum absolute atomic E-state index is 12.9. The van der Waals surface area contributed by atoms with Crippen LogP contribution in [0.1, 0.15) is 44.1 Å². The van der Waals surface area contributed by atoms with Gasteiger partial charge < -0.3 is 9.80 Å². The third-order valence-electron chi connectivity index (χ3n) is 5.41. The molecular formula is C22H27ClN6OS. The summed E-state index contributed by atoms with van der Waals surface area (Å²) in [5, 5.41) is 9.81. The van der Waals surface area contributed by atoms with E-state index in [1.165, 1.54) is 31.0 Å². The number of carbonyl (C=O) groups excluding carboxylic acids is 1. The number of aromatic nitrogens is 3. The lowest BCUT2D eigenvalue weighted by atomic mass is 9.94. The van der Waals surface area contributed by atoms with Crippen LogP contribution >= 0.6 is 23.4 Å². The van der Waals surface area contributed by atoms with Crippen molar-refractivity contribution in [2.24, 2.45) is 0 Å². The average molecular weight is 459 g/mol. The predicted octanol–water partition coefficient (Wildman–Crippen LogP) is 4.33. The number of thioether (sulfide) groups is 1. The zero-order valence-corrected chi connectivity index (χ0v) is 19.3. The fourth-order valence-corrected chi connectivity index (χ4v) is 4.68. The number of amides is 1. The number of hydrogen-bond acceptors (Lipinski definition) is 7. The summed E-state index contributed by atoms with van der Waals surface area (Å²) in [6, 6.07) is 8.10. The summed E-state index contributed by atoms with van der Waals surface area (Å²) in [5.74, 6) is 0.895. The Hall–Kier alpha value is -2.37. The molecule has 0 bridgehead atoms. The first-order chi connectivity index (χ1) is 15.1. The van der Waals surface area contributed by atoms with Crippen molar-refractivity contribution in [2.45, 2.75) is 56.3 Å². The summed E-state index contributed by atoms with van der Waals surface area (Å²) in [4.78, 5) is 29.7. The normalized spacial score (nSPS) is 14.1. The molecule has 1 aliphatic rings. The van der Waals surface area contributed by atoms with Crippen molar-refractivity contribution < 1.29 is 4.79 Å². The van der Waals surface area contributed by atoms with E-state index in [9.17, 15) is 4.79 Å². The van der Waals surface area contributed by atoms with Crippen molar-refractivity contribution >= 4 is 35.1 Å². The molecule has 31 heavy (non-hydrogen) atoms. The number of rotatable bonds is 9. The van der Waals surface area contributed by atoms with Gasteiger partial charge in [-0.2, -0.15) is 5.26 Å². The Labute approximate surface area is 192 Å². The third-order valence-corrected chi connectivity index (χ3v) is 6.44. The molecule has 2 aromatic rings. The van der Waals surface area contributed by atoms with Crippen molar-refractivity contribution in [3.63, 3.8) is 0 Å². The molecule has 7 nitrogen and oxygen atoms in total. The van der Waals surface area contributed by atoms with E-state index in [0.717, 1.165) is 24.2 Å². The van der Waals surface area contributed by atoms with Crippen LogP contribution in [0.3, 0.4) is 0 Å². The Bertz CT molecular complexity index is 901. The largest absolute Gasteiger partial charge is 0.357 e. The molecule has 3 rings (SSSR count). The highest BCUT2D eigenvalue weighted by atomic mass is 35.5. The quantitative estimate of drug-likeness (QED) is 0.314. The van der Waals surface area contributed by atoms with Crippen molar-refractivity contribution in [3.05, 3.63) is 41.3 Å². The lowest BCUT2D eigenvalue weighted by molar-refractivity contribution is -0.128. The van der Waals surface area contributed by atoms with Gasteiger partial charge in [-0.15, -0.1) is 0 Å². The van der Waals surface area contributed by atoms with E-state index in [4.69, 9.17) is 16.9 Å². The second-order valence-corrected chi connectivity index (χ2v) is 8.94. The molecule has 0 atom stereocenters. The smallest absolute Gasteiger partial charge is 0.233 e. The van der Waals surface area contributed by atoms with Crippen molar-refractivity contribution in [1.82, 2.24) is 19.9 Å². The number of pyridine rings is 1. The number of halogens is 1. The van der Waals surface area contributed by atoms with Crippen LogP contribution in [0.15, 0.2) is 35.7 Å². The van der Waals surface area contributed by atoms with Crippen molar-refractivity contribution in [3.8, 4) is 6.07 Å². The van der Waals surface area contributed by atoms with Gasteiger partial charge in [0, 0.05) is 44.6 Å². The van der Waals surface area contributed by atoms with E-state index in [1.807, 2.05) is 19.2 Å². The molecular weight excluding hydrogens is 432 g/mol. The number of nitrogens with zero attached hydrogens (tertiary/aromatic N) is 6. The van der Waals surface area contributed by atoms with Crippen LogP contribution < -0.4 is 4.90 Å². The molecule has 0 radical (unpaired) electrons. The Morgan fingerprint density at radius 3 is 2.84 bits per heavy atom. The maximum atomic E-state index is 12.9. The van der Waals surface area contributed by atoms with E-state index < -0.39 is 0 Å². The number of nitriles is 1. The average Bonchev–Trinajstić information content (AvgIpc) is 2.80. The first-order valence-corrected chi connectivity index (χ1v) is 11.9. The van der Waals surface area contributed by atoms with Crippen LogP contribution in [-0.2, 0) is 11.3 Å². The van der Waals surface area contributed by atoms with Crippen LogP contribution in [0.5, 0.6) is 0 Å². The topological polar surface area (TPSA) is 86.0 Å². The molecule has 1 saturated carbocycles. The first-order valence-electron chi connectivity index (χ1n) is 10.5. The van der Waals surface area contributed by atoms with E-state index in [1.54, 1.807) is 23.4 Å². The van der Waals surface area contributed by atoms with E-state index in [-0.39, 0.29) is 18.1 Å². The van der Waals surface area contributed by atoms with E-state index >= 15 is 0 Å². The molecule has 2 aromatic heterocycles. The van der Waals surface area contributed by atoms with E-state index in [2.05, 4.69) is 25.9 Å². The number of carbonyl (C=O) groups is 1. The molecule has 0 saturated heterocycles. The van der Waals surface area contributed by atoms with Crippen molar-refractivity contribution in [1.29, 1.82) is 5.26 Å². The molecule has 1 amide bonds. The molecule has 9 heteroatoms. The summed E-state index contributed by atoms with van der Waals surface area (Å²) in [6.45, 7) is 0.790. The zero-order chi connectivity index (χ0) is 22.1. The summed E-state index contributed by atoms with van der Waals surface area (Å²) < 4.78 is 0. The molecule has 0 N–H and O–H groups in total. The highest BCUT2D eigenvalue weighted by Crippen LogP contribution is 2.28. The highest BCUT2D eigenvalue weighted by Gasteiger charge is 2.21.